The predicted octanol–water partition coefficient (Wildman–Crippen LogP) is 5.16. The quantitative estimate of drug-likeness (QED) is 0.261. The Hall–Kier alpha value is -3.63. The van der Waals surface area contributed by atoms with E-state index in [2.05, 4.69) is 28.4 Å². The first-order valence-corrected chi connectivity index (χ1v) is 15.4. The summed E-state index contributed by atoms with van der Waals surface area (Å²) in [5, 5.41) is 8.59. The second-order valence-electron chi connectivity index (χ2n) is 10.9. The lowest BCUT2D eigenvalue weighted by Crippen LogP contribution is -2.34. The van der Waals surface area contributed by atoms with Crippen LogP contribution in [0.2, 0.25) is 0 Å². The largest absolute Gasteiger partial charge is 0.497 e. The summed E-state index contributed by atoms with van der Waals surface area (Å²) in [4.78, 5) is 24.9. The maximum Gasteiger partial charge on any atom is 0.251 e. The van der Waals surface area contributed by atoms with Crippen LogP contribution in [0.15, 0.2) is 53.8 Å². The molecule has 0 bridgehead atoms. The van der Waals surface area contributed by atoms with Gasteiger partial charge in [0.2, 0.25) is 5.95 Å². The standard InChI is InChI=1S/C31H36N6O3S/c1-20-16-23(6-11-26(20)29(38)33-24-7-8-24)27-17-32-37-28(27)34-30(41-3)35-31(37)36(19-22-12-14-40-15-13-22)18-21-4-9-25(39-2)10-5-21/h4-6,9-11,16-17,22,24H,7-8,12-15,18-19H2,1-3H3,(H,33,38). The number of rotatable bonds is 10. The van der Waals surface area contributed by atoms with Crippen molar-refractivity contribution < 1.29 is 14.3 Å². The fourth-order valence-electron chi connectivity index (χ4n) is 5.33. The molecule has 214 valence electrons. The Labute approximate surface area is 244 Å². The van der Waals surface area contributed by atoms with Gasteiger partial charge in [0.25, 0.3) is 5.91 Å². The minimum absolute atomic E-state index is 0.00650. The van der Waals surface area contributed by atoms with Gasteiger partial charge in [0.1, 0.15) is 5.75 Å². The minimum atomic E-state index is -0.00650. The highest BCUT2D eigenvalue weighted by atomic mass is 32.2. The molecule has 4 aromatic rings. The van der Waals surface area contributed by atoms with Crippen LogP contribution in [-0.4, -0.2) is 64.7 Å². The van der Waals surface area contributed by atoms with E-state index in [0.717, 1.165) is 79.5 Å². The van der Waals surface area contributed by atoms with Crippen LogP contribution < -0.4 is 15.0 Å². The molecule has 9 nitrogen and oxygen atoms in total. The second-order valence-corrected chi connectivity index (χ2v) is 11.6. The fraction of sp³-hybridized carbons (Fsp3) is 0.419. The summed E-state index contributed by atoms with van der Waals surface area (Å²) in [6, 6.07) is 14.5. The molecule has 0 radical (unpaired) electrons. The van der Waals surface area contributed by atoms with E-state index in [1.165, 1.54) is 17.3 Å². The Morgan fingerprint density at radius 3 is 2.59 bits per heavy atom. The number of methoxy groups -OCH3 is 1. The molecule has 10 heteroatoms. The third-order valence-corrected chi connectivity index (χ3v) is 8.39. The number of hydrogen-bond acceptors (Lipinski definition) is 8. The van der Waals surface area contributed by atoms with Crippen molar-refractivity contribution in [3.8, 4) is 16.9 Å². The van der Waals surface area contributed by atoms with E-state index < -0.39 is 0 Å². The maximum absolute atomic E-state index is 12.7. The van der Waals surface area contributed by atoms with E-state index in [9.17, 15) is 4.79 Å². The number of carbonyl (C=O) groups excluding carboxylic acids is 1. The molecule has 2 aromatic carbocycles. The molecule has 1 N–H and O–H groups in total. The molecule has 3 heterocycles. The number of hydrogen-bond donors (Lipinski definition) is 1. The van der Waals surface area contributed by atoms with Gasteiger partial charge in [0.05, 0.1) is 13.3 Å². The summed E-state index contributed by atoms with van der Waals surface area (Å²) in [7, 11) is 1.68. The zero-order chi connectivity index (χ0) is 28.3. The van der Waals surface area contributed by atoms with E-state index in [1.807, 2.05) is 48.2 Å². The van der Waals surface area contributed by atoms with Gasteiger partial charge in [0, 0.05) is 43.5 Å². The molecule has 2 fully saturated rings. The van der Waals surface area contributed by atoms with Crippen molar-refractivity contribution in [3.05, 3.63) is 65.4 Å². The summed E-state index contributed by atoms with van der Waals surface area (Å²) in [5.41, 5.74) is 5.44. The van der Waals surface area contributed by atoms with Gasteiger partial charge in [-0.2, -0.15) is 14.6 Å². The highest BCUT2D eigenvalue weighted by Crippen LogP contribution is 2.31. The van der Waals surface area contributed by atoms with Crippen LogP contribution in [0.5, 0.6) is 5.75 Å². The summed E-state index contributed by atoms with van der Waals surface area (Å²) >= 11 is 1.52. The zero-order valence-electron chi connectivity index (χ0n) is 23.8. The van der Waals surface area contributed by atoms with Gasteiger partial charge in [-0.25, -0.2) is 4.98 Å². The smallest absolute Gasteiger partial charge is 0.251 e. The van der Waals surface area contributed by atoms with Crippen LogP contribution in [0.1, 0.15) is 47.2 Å². The van der Waals surface area contributed by atoms with Gasteiger partial charge in [-0.1, -0.05) is 36.0 Å². The molecule has 1 saturated heterocycles. The van der Waals surface area contributed by atoms with E-state index in [0.29, 0.717) is 29.2 Å². The number of nitrogens with zero attached hydrogens (tertiary/aromatic N) is 5. The number of carbonyl (C=O) groups is 1. The number of aromatic nitrogens is 4. The van der Waals surface area contributed by atoms with Crippen molar-refractivity contribution in [3.63, 3.8) is 0 Å². The third-order valence-electron chi connectivity index (χ3n) is 7.84. The topological polar surface area (TPSA) is 93.9 Å². The van der Waals surface area contributed by atoms with Crippen LogP contribution in [-0.2, 0) is 11.3 Å². The van der Waals surface area contributed by atoms with E-state index in [4.69, 9.17) is 24.5 Å². The Bertz CT molecular complexity index is 1530. The average Bonchev–Trinajstić information content (AvgIpc) is 3.71. The molecule has 1 aliphatic heterocycles. The molecule has 2 aliphatic rings. The summed E-state index contributed by atoms with van der Waals surface area (Å²) in [6.45, 7) is 5.08. The molecular weight excluding hydrogens is 536 g/mol. The molecule has 1 amide bonds. The van der Waals surface area contributed by atoms with Crippen LogP contribution in [0.4, 0.5) is 5.95 Å². The van der Waals surface area contributed by atoms with Crippen LogP contribution >= 0.6 is 11.8 Å². The lowest BCUT2D eigenvalue weighted by Gasteiger charge is -2.30. The Morgan fingerprint density at radius 1 is 1.12 bits per heavy atom. The summed E-state index contributed by atoms with van der Waals surface area (Å²) in [5.74, 6) is 2.09. The highest BCUT2D eigenvalue weighted by Gasteiger charge is 2.26. The first kappa shape index (κ1) is 27.5. The van der Waals surface area contributed by atoms with Gasteiger partial charge in [-0.05, 0) is 79.7 Å². The van der Waals surface area contributed by atoms with Crippen LogP contribution in [0, 0.1) is 12.8 Å². The molecule has 0 atom stereocenters. The number of thioether (sulfide) groups is 1. The second kappa shape index (κ2) is 12.1. The van der Waals surface area contributed by atoms with Gasteiger partial charge in [-0.3, -0.25) is 4.79 Å². The molecule has 6 rings (SSSR count). The Morgan fingerprint density at radius 2 is 1.90 bits per heavy atom. The van der Waals surface area contributed by atoms with Crippen LogP contribution in [0.3, 0.4) is 0 Å². The van der Waals surface area contributed by atoms with E-state index in [-0.39, 0.29) is 5.91 Å². The number of nitrogens with one attached hydrogen (secondary N) is 1. The van der Waals surface area contributed by atoms with Crippen LogP contribution in [0.25, 0.3) is 16.8 Å². The van der Waals surface area contributed by atoms with E-state index >= 15 is 0 Å². The SMILES string of the molecule is COc1ccc(CN(CC2CCOCC2)c2nc(SC)nc3c(-c4ccc(C(=O)NC5CC5)c(C)c4)cnn23)cc1. The number of fused-ring (bicyclic) bond motifs is 1. The third kappa shape index (κ3) is 6.18. The number of benzene rings is 2. The fourth-order valence-corrected chi connectivity index (χ4v) is 5.68. The van der Waals surface area contributed by atoms with Gasteiger partial charge in [0.15, 0.2) is 10.8 Å². The van der Waals surface area contributed by atoms with Crippen molar-refractivity contribution in [1.29, 1.82) is 0 Å². The van der Waals surface area contributed by atoms with Crippen molar-refractivity contribution in [2.75, 3.05) is 38.0 Å². The minimum Gasteiger partial charge on any atom is -0.497 e. The Balaban J connectivity index is 1.37. The molecule has 1 saturated carbocycles. The lowest BCUT2D eigenvalue weighted by atomic mass is 9.99. The first-order valence-electron chi connectivity index (χ1n) is 14.2. The first-order chi connectivity index (χ1) is 20.0. The highest BCUT2D eigenvalue weighted by molar-refractivity contribution is 7.98. The van der Waals surface area contributed by atoms with Crippen molar-refractivity contribution in [1.82, 2.24) is 24.9 Å². The Kier molecular flexibility index (Phi) is 8.11. The van der Waals surface area contributed by atoms with Gasteiger partial charge in [-0.15, -0.1) is 0 Å². The van der Waals surface area contributed by atoms with Crippen molar-refractivity contribution in [2.24, 2.45) is 5.92 Å². The molecule has 2 aromatic heterocycles. The van der Waals surface area contributed by atoms with Crippen molar-refractivity contribution >= 4 is 29.3 Å². The summed E-state index contributed by atoms with van der Waals surface area (Å²) in [6.07, 6.45) is 8.02. The predicted molar refractivity (Wildman–Crippen MR) is 161 cm³/mol. The lowest BCUT2D eigenvalue weighted by molar-refractivity contribution is 0.0680. The number of amides is 1. The molecular formula is C31H36N6O3S. The molecule has 0 unspecified atom stereocenters. The van der Waals surface area contributed by atoms with Crippen molar-refractivity contribution in [2.45, 2.75) is 50.4 Å². The zero-order valence-corrected chi connectivity index (χ0v) is 24.6. The normalized spacial score (nSPS) is 15.7. The molecule has 41 heavy (non-hydrogen) atoms. The molecule has 1 aliphatic carbocycles. The number of ether oxygens (including phenoxy) is 2. The number of aryl methyl sites for hydroxylation is 1. The monoisotopic (exact) mass is 572 g/mol. The summed E-state index contributed by atoms with van der Waals surface area (Å²) < 4.78 is 12.9. The average molecular weight is 573 g/mol. The van der Waals surface area contributed by atoms with Gasteiger partial charge >= 0.3 is 0 Å². The van der Waals surface area contributed by atoms with Gasteiger partial charge < -0.3 is 19.7 Å². The van der Waals surface area contributed by atoms with E-state index in [1.54, 1.807) is 7.11 Å². The number of anilines is 1. The maximum atomic E-state index is 12.7. The molecule has 0 spiro atoms.